The first-order valence-electron chi connectivity index (χ1n) is 8.39. The van der Waals surface area contributed by atoms with Crippen LogP contribution in [0.5, 0.6) is 0 Å². The molecule has 4 aliphatic carbocycles. The third-order valence-electron chi connectivity index (χ3n) is 6.54. The van der Waals surface area contributed by atoms with E-state index in [-0.39, 0.29) is 0 Å². The molecule has 1 heterocycles. The molecule has 20 heavy (non-hydrogen) atoms. The van der Waals surface area contributed by atoms with Gasteiger partial charge in [0.15, 0.2) is 0 Å². The first kappa shape index (κ1) is 12.7. The van der Waals surface area contributed by atoms with E-state index in [2.05, 4.69) is 12.0 Å². The molecule has 0 amide bonds. The number of hydrogen-bond acceptors (Lipinski definition) is 2. The predicted molar refractivity (Wildman–Crippen MR) is 81.2 cm³/mol. The van der Waals surface area contributed by atoms with Crippen molar-refractivity contribution >= 4 is 5.82 Å². The van der Waals surface area contributed by atoms with Gasteiger partial charge < -0.3 is 5.73 Å². The number of nitrogens with zero attached hydrogens (tertiary/aromatic N) is 2. The normalized spacial score (nSPS) is 38.6. The molecule has 1 aromatic rings. The van der Waals surface area contributed by atoms with Gasteiger partial charge in [-0.2, -0.15) is 5.10 Å². The second-order valence-electron chi connectivity index (χ2n) is 7.71. The minimum absolute atomic E-state index is 0.881. The smallest absolute Gasteiger partial charge is 0.124 e. The molecule has 3 heteroatoms. The van der Waals surface area contributed by atoms with Gasteiger partial charge >= 0.3 is 0 Å². The summed E-state index contributed by atoms with van der Waals surface area (Å²) in [6, 6.07) is 0. The molecule has 5 rings (SSSR count). The maximum Gasteiger partial charge on any atom is 0.124 e. The van der Waals surface area contributed by atoms with E-state index in [0.29, 0.717) is 0 Å². The molecule has 3 nitrogen and oxygen atoms in total. The van der Waals surface area contributed by atoms with Gasteiger partial charge in [0.05, 0.1) is 5.69 Å². The van der Waals surface area contributed by atoms with Crippen molar-refractivity contribution in [3.05, 3.63) is 11.3 Å². The Kier molecular flexibility index (Phi) is 2.87. The number of nitrogens with two attached hydrogens (primary N) is 1. The topological polar surface area (TPSA) is 43.8 Å². The van der Waals surface area contributed by atoms with Crippen LogP contribution in [0.3, 0.4) is 0 Å². The highest BCUT2D eigenvalue weighted by Gasteiger charge is 2.47. The Morgan fingerprint density at radius 1 is 1.10 bits per heavy atom. The minimum Gasteiger partial charge on any atom is -0.384 e. The molecular weight excluding hydrogens is 246 g/mol. The van der Waals surface area contributed by atoms with Crippen molar-refractivity contribution in [1.82, 2.24) is 9.78 Å². The molecule has 0 saturated heterocycles. The molecular formula is C17H27N3. The Hall–Kier alpha value is -0.990. The predicted octanol–water partition coefficient (Wildman–Crippen LogP) is 3.32. The van der Waals surface area contributed by atoms with Crippen molar-refractivity contribution in [2.75, 3.05) is 5.73 Å². The summed E-state index contributed by atoms with van der Waals surface area (Å²) in [6.07, 6.45) is 10.1. The summed E-state index contributed by atoms with van der Waals surface area (Å²) in [5.74, 6) is 6.08. The van der Waals surface area contributed by atoms with Gasteiger partial charge in [0.25, 0.3) is 0 Å². The Morgan fingerprint density at radius 2 is 1.70 bits per heavy atom. The number of aromatic nitrogens is 2. The average Bonchev–Trinajstić information content (AvgIpc) is 2.63. The summed E-state index contributed by atoms with van der Waals surface area (Å²) in [6.45, 7) is 2.10. The maximum absolute atomic E-state index is 6.16. The van der Waals surface area contributed by atoms with Crippen molar-refractivity contribution < 1.29 is 0 Å². The van der Waals surface area contributed by atoms with Crippen molar-refractivity contribution in [2.24, 2.45) is 36.6 Å². The van der Waals surface area contributed by atoms with Gasteiger partial charge in [-0.1, -0.05) is 0 Å². The highest BCUT2D eigenvalue weighted by atomic mass is 15.3. The number of hydrogen-bond donors (Lipinski definition) is 1. The zero-order valence-corrected chi connectivity index (χ0v) is 12.8. The molecule has 4 aliphatic rings. The van der Waals surface area contributed by atoms with Gasteiger partial charge in [0.2, 0.25) is 0 Å². The van der Waals surface area contributed by atoms with Gasteiger partial charge in [-0.25, -0.2) is 0 Å². The van der Waals surface area contributed by atoms with E-state index < -0.39 is 0 Å². The van der Waals surface area contributed by atoms with Crippen LogP contribution in [-0.2, 0) is 13.5 Å². The molecule has 0 aliphatic heterocycles. The van der Waals surface area contributed by atoms with Crippen LogP contribution in [0.15, 0.2) is 0 Å². The third-order valence-corrected chi connectivity index (χ3v) is 6.54. The van der Waals surface area contributed by atoms with Gasteiger partial charge in [0, 0.05) is 12.6 Å². The second kappa shape index (κ2) is 4.51. The lowest BCUT2D eigenvalue weighted by molar-refractivity contribution is -0.0394. The molecule has 0 radical (unpaired) electrons. The molecule has 0 unspecified atom stereocenters. The minimum atomic E-state index is 0.881. The summed E-state index contributed by atoms with van der Waals surface area (Å²) in [5.41, 5.74) is 8.60. The lowest BCUT2D eigenvalue weighted by Crippen LogP contribution is -2.45. The maximum atomic E-state index is 6.16. The first-order valence-corrected chi connectivity index (χ1v) is 8.39. The number of anilines is 1. The largest absolute Gasteiger partial charge is 0.384 e. The van der Waals surface area contributed by atoms with E-state index in [1.807, 2.05) is 11.7 Å². The monoisotopic (exact) mass is 273 g/mol. The van der Waals surface area contributed by atoms with Crippen LogP contribution in [-0.4, -0.2) is 9.78 Å². The fraction of sp³-hybridized carbons (Fsp3) is 0.824. The van der Waals surface area contributed by atoms with Crippen LogP contribution in [0.2, 0.25) is 0 Å². The van der Waals surface area contributed by atoms with E-state index in [4.69, 9.17) is 5.73 Å². The molecule has 0 spiro atoms. The van der Waals surface area contributed by atoms with E-state index in [9.17, 15) is 0 Å². The molecule has 4 bridgehead atoms. The van der Waals surface area contributed by atoms with Crippen LogP contribution in [0.4, 0.5) is 5.82 Å². The van der Waals surface area contributed by atoms with Gasteiger partial charge in [-0.05, 0) is 81.5 Å². The summed E-state index contributed by atoms with van der Waals surface area (Å²) in [4.78, 5) is 0. The molecule has 0 aromatic carbocycles. The Balaban J connectivity index is 1.47. The summed E-state index contributed by atoms with van der Waals surface area (Å²) in [7, 11) is 1.95. The van der Waals surface area contributed by atoms with Crippen LogP contribution >= 0.6 is 0 Å². The lowest BCUT2D eigenvalue weighted by atomic mass is 9.51. The number of rotatable bonds is 3. The zero-order valence-electron chi connectivity index (χ0n) is 12.8. The van der Waals surface area contributed by atoms with Crippen molar-refractivity contribution in [1.29, 1.82) is 0 Å². The molecule has 1 aromatic heterocycles. The SMILES string of the molecule is Cc1nn(C)c(N)c1CCC1C2CC3CC(C2)CC1C3. The Labute approximate surface area is 121 Å². The van der Waals surface area contributed by atoms with Crippen molar-refractivity contribution in [3.63, 3.8) is 0 Å². The van der Waals surface area contributed by atoms with Crippen LogP contribution in [0.1, 0.15) is 49.8 Å². The highest BCUT2D eigenvalue weighted by Crippen LogP contribution is 2.57. The molecule has 4 saturated carbocycles. The Bertz CT molecular complexity index is 489. The van der Waals surface area contributed by atoms with E-state index in [0.717, 1.165) is 47.5 Å². The zero-order chi connectivity index (χ0) is 13.9. The number of aryl methyl sites for hydroxylation is 2. The number of nitrogen functional groups attached to an aromatic ring is 1. The highest BCUT2D eigenvalue weighted by molar-refractivity contribution is 5.42. The third kappa shape index (κ3) is 1.89. The quantitative estimate of drug-likeness (QED) is 0.918. The fourth-order valence-electron chi connectivity index (χ4n) is 5.85. The Morgan fingerprint density at radius 3 is 2.20 bits per heavy atom. The summed E-state index contributed by atoms with van der Waals surface area (Å²) >= 11 is 0. The first-order chi connectivity index (χ1) is 9.61. The molecule has 0 atom stereocenters. The summed E-state index contributed by atoms with van der Waals surface area (Å²) < 4.78 is 1.83. The van der Waals surface area contributed by atoms with Crippen LogP contribution < -0.4 is 5.73 Å². The van der Waals surface area contributed by atoms with Crippen LogP contribution in [0.25, 0.3) is 0 Å². The standard InChI is InChI=1S/C17H27N3/c1-10-15(17(18)20(2)19-10)3-4-16-13-6-11-5-12(8-13)9-14(16)7-11/h11-14,16H,3-9,18H2,1-2H3. The van der Waals surface area contributed by atoms with Crippen molar-refractivity contribution in [3.8, 4) is 0 Å². The van der Waals surface area contributed by atoms with E-state index >= 15 is 0 Å². The van der Waals surface area contributed by atoms with Crippen LogP contribution in [0, 0.1) is 36.5 Å². The fourth-order valence-corrected chi connectivity index (χ4v) is 5.85. The molecule has 4 fully saturated rings. The van der Waals surface area contributed by atoms with Crippen molar-refractivity contribution in [2.45, 2.75) is 51.9 Å². The molecule has 110 valence electrons. The van der Waals surface area contributed by atoms with Gasteiger partial charge in [-0.3, -0.25) is 4.68 Å². The second-order valence-corrected chi connectivity index (χ2v) is 7.71. The van der Waals surface area contributed by atoms with Gasteiger partial charge in [0.1, 0.15) is 5.82 Å². The van der Waals surface area contributed by atoms with E-state index in [1.54, 1.807) is 6.42 Å². The average molecular weight is 273 g/mol. The summed E-state index contributed by atoms with van der Waals surface area (Å²) in [5, 5.41) is 4.46. The lowest BCUT2D eigenvalue weighted by Gasteiger charge is -2.54. The molecule has 2 N–H and O–H groups in total. The van der Waals surface area contributed by atoms with E-state index in [1.165, 1.54) is 37.7 Å². The van der Waals surface area contributed by atoms with Gasteiger partial charge in [-0.15, -0.1) is 0 Å².